The average molecular weight is 498 g/mol. The highest BCUT2D eigenvalue weighted by Gasteiger charge is 2.31. The predicted octanol–water partition coefficient (Wildman–Crippen LogP) is 1.50. The number of sulfonamides is 1. The molecule has 0 aromatic heterocycles. The third kappa shape index (κ3) is 8.04. The molecule has 1 heterocycles. The smallest absolute Gasteiger partial charge is 0.251 e. The van der Waals surface area contributed by atoms with E-state index in [0.717, 1.165) is 12.8 Å². The van der Waals surface area contributed by atoms with Crippen molar-refractivity contribution in [3.63, 3.8) is 0 Å². The minimum absolute atomic E-state index is 0.106. The molecule has 1 fully saturated rings. The molecule has 0 saturated carbocycles. The average Bonchev–Trinajstić information content (AvgIpc) is 3.32. The summed E-state index contributed by atoms with van der Waals surface area (Å²) < 4.78 is 26.8. The Kier molecular flexibility index (Phi) is 10.5. The zero-order valence-corrected chi connectivity index (χ0v) is 21.3. The van der Waals surface area contributed by atoms with Crippen LogP contribution in [0.3, 0.4) is 0 Å². The molecule has 0 spiro atoms. The number of carbonyl (C=O) groups is 2. The molecule has 0 radical (unpaired) electrons. The first-order valence-corrected chi connectivity index (χ1v) is 13.4. The van der Waals surface area contributed by atoms with Gasteiger partial charge in [0.2, 0.25) is 15.9 Å². The van der Waals surface area contributed by atoms with Crippen LogP contribution in [-0.4, -0.2) is 72.6 Å². The van der Waals surface area contributed by atoms with Gasteiger partial charge in [0, 0.05) is 25.2 Å². The molecule has 34 heavy (non-hydrogen) atoms. The number of aliphatic hydroxyl groups excluding tert-OH is 2. The van der Waals surface area contributed by atoms with Gasteiger partial charge in [0.05, 0.1) is 23.5 Å². The summed E-state index contributed by atoms with van der Waals surface area (Å²) in [7, 11) is -3.58. The quantitative estimate of drug-likeness (QED) is 0.346. The highest BCUT2D eigenvalue weighted by atomic mass is 32.2. The van der Waals surface area contributed by atoms with Crippen LogP contribution in [0.5, 0.6) is 0 Å². The van der Waals surface area contributed by atoms with E-state index in [2.05, 4.69) is 10.6 Å². The van der Waals surface area contributed by atoms with E-state index in [9.17, 15) is 28.2 Å². The lowest BCUT2D eigenvalue weighted by molar-refractivity contribution is -0.125. The van der Waals surface area contributed by atoms with E-state index in [4.69, 9.17) is 0 Å². The van der Waals surface area contributed by atoms with Crippen molar-refractivity contribution in [2.45, 2.75) is 76.5 Å². The molecule has 1 aliphatic rings. The van der Waals surface area contributed by atoms with E-state index in [0.29, 0.717) is 26.1 Å². The zero-order valence-electron chi connectivity index (χ0n) is 20.5. The van der Waals surface area contributed by atoms with E-state index in [1.54, 1.807) is 0 Å². The van der Waals surface area contributed by atoms with Gasteiger partial charge in [0.15, 0.2) is 0 Å². The number of nitrogens with zero attached hydrogens (tertiary/aromatic N) is 1. The lowest BCUT2D eigenvalue weighted by atomic mass is 9.94. The number of nitrogens with one attached hydrogen (secondary N) is 2. The minimum Gasteiger partial charge on any atom is -0.390 e. The minimum atomic E-state index is -3.58. The summed E-state index contributed by atoms with van der Waals surface area (Å²) in [4.78, 5) is 25.0. The maximum atomic E-state index is 12.8. The van der Waals surface area contributed by atoms with E-state index in [1.165, 1.54) is 28.6 Å². The van der Waals surface area contributed by atoms with Crippen molar-refractivity contribution in [3.8, 4) is 0 Å². The first-order chi connectivity index (χ1) is 15.9. The highest BCUT2D eigenvalue weighted by Crippen LogP contribution is 2.21. The number of hydrogen-bond acceptors (Lipinski definition) is 6. The number of carbonyl (C=O) groups excluding carboxylic acids is 2. The molecule has 3 atom stereocenters. The Morgan fingerprint density at radius 3 is 2.12 bits per heavy atom. The lowest BCUT2D eigenvalue weighted by Crippen LogP contribution is -2.50. The number of amides is 2. The summed E-state index contributed by atoms with van der Waals surface area (Å²) in [6, 6.07) is 4.91. The van der Waals surface area contributed by atoms with Crippen molar-refractivity contribution >= 4 is 21.8 Å². The first-order valence-electron chi connectivity index (χ1n) is 12.0. The fourth-order valence-corrected chi connectivity index (χ4v) is 5.39. The molecule has 1 aromatic carbocycles. The van der Waals surface area contributed by atoms with Crippen LogP contribution in [0.2, 0.25) is 0 Å². The van der Waals surface area contributed by atoms with Gasteiger partial charge in [-0.2, -0.15) is 4.31 Å². The molecule has 0 bridgehead atoms. The summed E-state index contributed by atoms with van der Waals surface area (Å²) in [6.07, 6.45) is -0.898. The summed E-state index contributed by atoms with van der Waals surface area (Å²) in [5.74, 6) is -0.499. The van der Waals surface area contributed by atoms with Crippen molar-refractivity contribution in [3.05, 3.63) is 29.8 Å². The van der Waals surface area contributed by atoms with E-state index in [1.807, 2.05) is 27.7 Å². The van der Waals surface area contributed by atoms with Gasteiger partial charge in [0.1, 0.15) is 6.10 Å². The maximum absolute atomic E-state index is 12.8. The van der Waals surface area contributed by atoms with Gasteiger partial charge in [-0.1, -0.05) is 27.7 Å². The lowest BCUT2D eigenvalue weighted by Gasteiger charge is -2.29. The van der Waals surface area contributed by atoms with Crippen molar-refractivity contribution < 1.29 is 28.2 Å². The molecule has 192 valence electrons. The van der Waals surface area contributed by atoms with Gasteiger partial charge >= 0.3 is 0 Å². The topological polar surface area (TPSA) is 136 Å². The van der Waals surface area contributed by atoms with E-state index in [-0.39, 0.29) is 34.6 Å². The summed E-state index contributed by atoms with van der Waals surface area (Å²) in [5.41, 5.74) is 0.241. The molecular formula is C24H39N3O6S. The molecule has 0 unspecified atom stereocenters. The van der Waals surface area contributed by atoms with Gasteiger partial charge in [-0.15, -0.1) is 0 Å². The van der Waals surface area contributed by atoms with Gasteiger partial charge in [-0.05, 0) is 55.4 Å². The molecule has 2 rings (SSSR count). The zero-order chi connectivity index (χ0) is 25.5. The number of aliphatic hydroxyl groups is 2. The van der Waals surface area contributed by atoms with E-state index >= 15 is 0 Å². The third-order valence-electron chi connectivity index (χ3n) is 5.77. The first kappa shape index (κ1) is 28.2. The van der Waals surface area contributed by atoms with E-state index < -0.39 is 34.2 Å². The van der Waals surface area contributed by atoms with Crippen molar-refractivity contribution in [2.24, 2.45) is 11.8 Å². The second-order valence-electron chi connectivity index (χ2n) is 9.81. The fraction of sp³-hybridized carbons (Fsp3) is 0.667. The van der Waals surface area contributed by atoms with Crippen LogP contribution in [0, 0.1) is 11.8 Å². The van der Waals surface area contributed by atoms with Crippen molar-refractivity contribution in [1.29, 1.82) is 0 Å². The summed E-state index contributed by atoms with van der Waals surface area (Å²) in [6.45, 7) is 9.21. The van der Waals surface area contributed by atoms with Crippen LogP contribution in [0.4, 0.5) is 0 Å². The van der Waals surface area contributed by atoms with Crippen LogP contribution < -0.4 is 10.6 Å². The standard InChI is InChI=1S/C24H39N3O6S/c1-16(2)13-20(23(30)21(28)14-22(29)25-15-17(3)4)26-24(31)18-7-9-19(10-8-18)34(32,33)27-11-5-6-12-27/h7-10,16-17,20-21,23,28,30H,5-6,11-15H2,1-4H3,(H,25,29)(H,26,31)/t20-,21+,23+/m0/s1. The van der Waals surface area contributed by atoms with Crippen molar-refractivity contribution in [1.82, 2.24) is 14.9 Å². The molecule has 9 nitrogen and oxygen atoms in total. The second-order valence-corrected chi connectivity index (χ2v) is 11.7. The van der Waals surface area contributed by atoms with Crippen LogP contribution >= 0.6 is 0 Å². The fourth-order valence-electron chi connectivity index (χ4n) is 3.87. The van der Waals surface area contributed by atoms with Crippen LogP contribution in [0.15, 0.2) is 29.2 Å². The molecule has 1 aromatic rings. The van der Waals surface area contributed by atoms with Crippen molar-refractivity contribution in [2.75, 3.05) is 19.6 Å². The van der Waals surface area contributed by atoms with Gasteiger partial charge in [-0.3, -0.25) is 9.59 Å². The normalized spacial score (nSPS) is 17.5. The molecule has 10 heteroatoms. The molecule has 2 amide bonds. The number of hydrogen-bond donors (Lipinski definition) is 4. The van der Waals surface area contributed by atoms with Gasteiger partial charge < -0.3 is 20.8 Å². The Balaban J connectivity index is 2.05. The second kappa shape index (κ2) is 12.6. The Morgan fingerprint density at radius 2 is 1.59 bits per heavy atom. The third-order valence-corrected chi connectivity index (χ3v) is 7.68. The summed E-state index contributed by atoms with van der Waals surface area (Å²) in [5, 5.41) is 26.6. The maximum Gasteiger partial charge on any atom is 0.251 e. The number of rotatable bonds is 12. The largest absolute Gasteiger partial charge is 0.390 e. The summed E-state index contributed by atoms with van der Waals surface area (Å²) >= 11 is 0. The predicted molar refractivity (Wildman–Crippen MR) is 130 cm³/mol. The Labute approximate surface area is 203 Å². The van der Waals surface area contributed by atoms with Crippen LogP contribution in [0.1, 0.15) is 63.7 Å². The van der Waals surface area contributed by atoms with Gasteiger partial charge in [0.25, 0.3) is 5.91 Å². The SMILES string of the molecule is CC(C)CNC(=O)C[C@@H](O)[C@H](O)[C@H](CC(C)C)NC(=O)c1ccc(S(=O)(=O)N2CCCC2)cc1. The molecule has 1 aliphatic heterocycles. The molecule has 0 aliphatic carbocycles. The Bertz CT molecular complexity index is 911. The highest BCUT2D eigenvalue weighted by molar-refractivity contribution is 7.89. The Hall–Kier alpha value is -2.01. The molecule has 4 N–H and O–H groups in total. The molecule has 1 saturated heterocycles. The van der Waals surface area contributed by atoms with Gasteiger partial charge in [-0.25, -0.2) is 8.42 Å². The number of benzene rings is 1. The van der Waals surface area contributed by atoms with Crippen LogP contribution in [-0.2, 0) is 14.8 Å². The van der Waals surface area contributed by atoms with Crippen LogP contribution in [0.25, 0.3) is 0 Å². The monoisotopic (exact) mass is 497 g/mol. The Morgan fingerprint density at radius 1 is 1.00 bits per heavy atom. The molecular weight excluding hydrogens is 458 g/mol.